The summed E-state index contributed by atoms with van der Waals surface area (Å²) >= 11 is 0. The molecule has 4 heteroatoms. The predicted molar refractivity (Wildman–Crippen MR) is 115 cm³/mol. The highest BCUT2D eigenvalue weighted by atomic mass is 16.4. The van der Waals surface area contributed by atoms with E-state index in [1.54, 1.807) is 0 Å². The van der Waals surface area contributed by atoms with Gasteiger partial charge in [-0.3, -0.25) is 4.79 Å². The van der Waals surface area contributed by atoms with Crippen molar-refractivity contribution in [3.8, 4) is 0 Å². The van der Waals surface area contributed by atoms with E-state index in [0.29, 0.717) is 0 Å². The van der Waals surface area contributed by atoms with Crippen LogP contribution < -0.4 is 0 Å². The van der Waals surface area contributed by atoms with Crippen LogP contribution in [0.5, 0.6) is 0 Å². The summed E-state index contributed by atoms with van der Waals surface area (Å²) < 4.78 is 0.961. The van der Waals surface area contributed by atoms with Crippen LogP contribution in [0.2, 0.25) is 0 Å². The fraction of sp³-hybridized carbons (Fsp3) is 0.870. The summed E-state index contributed by atoms with van der Waals surface area (Å²) in [6.07, 6.45) is 16.1. The summed E-state index contributed by atoms with van der Waals surface area (Å²) in [5.41, 5.74) is 0. The average Bonchev–Trinajstić information content (AvgIpc) is 2.63. The summed E-state index contributed by atoms with van der Waals surface area (Å²) in [4.78, 5) is 10.8. The van der Waals surface area contributed by atoms with Gasteiger partial charge in [0.15, 0.2) is 0 Å². The molecule has 4 nitrogen and oxygen atoms in total. The fourth-order valence-electron chi connectivity index (χ4n) is 3.79. The standard InChI is InChI=1S/C23H45NO3/c1-4-7-10-11-16-22(25)21-24(18-13-8-5-2,19-14-9-6-3)20-15-12-17-23(26)27/h10-11,22,25H,4-9,12-21H2,1-3H3/p+1/b11-10+. The van der Waals surface area contributed by atoms with Crippen LogP contribution in [0.25, 0.3) is 0 Å². The van der Waals surface area contributed by atoms with Crippen LogP contribution in [0.1, 0.15) is 97.8 Å². The lowest BCUT2D eigenvalue weighted by Crippen LogP contribution is -2.54. The second-order valence-corrected chi connectivity index (χ2v) is 8.11. The Morgan fingerprint density at radius 3 is 1.89 bits per heavy atom. The van der Waals surface area contributed by atoms with Crippen molar-refractivity contribution in [1.29, 1.82) is 0 Å². The van der Waals surface area contributed by atoms with E-state index in [2.05, 4.69) is 32.9 Å². The zero-order valence-corrected chi connectivity index (χ0v) is 18.3. The van der Waals surface area contributed by atoms with E-state index in [4.69, 9.17) is 5.11 Å². The highest BCUT2D eigenvalue weighted by Crippen LogP contribution is 2.18. The first-order valence-corrected chi connectivity index (χ1v) is 11.4. The number of unbranched alkanes of at least 4 members (excludes halogenated alkanes) is 6. The van der Waals surface area contributed by atoms with Crippen LogP contribution in [0.3, 0.4) is 0 Å². The van der Waals surface area contributed by atoms with E-state index in [1.807, 2.05) is 0 Å². The van der Waals surface area contributed by atoms with Gasteiger partial charge in [-0.05, 0) is 51.4 Å². The number of aliphatic hydroxyl groups excluding tert-OH is 1. The van der Waals surface area contributed by atoms with Gasteiger partial charge >= 0.3 is 5.97 Å². The maximum atomic E-state index is 10.8. The van der Waals surface area contributed by atoms with Crippen LogP contribution in [0.15, 0.2) is 12.2 Å². The minimum atomic E-state index is -0.703. The Labute approximate surface area is 168 Å². The number of quaternary nitrogens is 1. The van der Waals surface area contributed by atoms with Crippen LogP contribution >= 0.6 is 0 Å². The number of carboxylic acids is 1. The Kier molecular flexibility index (Phi) is 16.7. The van der Waals surface area contributed by atoms with Crippen molar-refractivity contribution in [2.45, 2.75) is 104 Å². The first-order chi connectivity index (χ1) is 13.0. The quantitative estimate of drug-likeness (QED) is 0.174. The lowest BCUT2D eigenvalue weighted by molar-refractivity contribution is -0.931. The van der Waals surface area contributed by atoms with E-state index in [-0.39, 0.29) is 12.5 Å². The Hall–Kier alpha value is -0.870. The molecule has 0 heterocycles. The van der Waals surface area contributed by atoms with Gasteiger partial charge in [-0.15, -0.1) is 0 Å². The van der Waals surface area contributed by atoms with Crippen LogP contribution in [0, 0.1) is 0 Å². The molecule has 1 atom stereocenters. The summed E-state index contributed by atoms with van der Waals surface area (Å²) in [6, 6.07) is 0. The number of hydrogen-bond donors (Lipinski definition) is 2. The maximum Gasteiger partial charge on any atom is 0.303 e. The number of allylic oxidation sites excluding steroid dienone is 1. The minimum Gasteiger partial charge on any atom is -0.481 e. The van der Waals surface area contributed by atoms with Crippen molar-refractivity contribution in [2.75, 3.05) is 26.2 Å². The van der Waals surface area contributed by atoms with Gasteiger partial charge in [-0.25, -0.2) is 0 Å². The lowest BCUT2D eigenvalue weighted by Gasteiger charge is -2.40. The molecule has 0 fully saturated rings. The van der Waals surface area contributed by atoms with Crippen LogP contribution in [-0.2, 0) is 4.79 Å². The highest BCUT2D eigenvalue weighted by Gasteiger charge is 2.29. The van der Waals surface area contributed by atoms with Gasteiger partial charge in [0.2, 0.25) is 0 Å². The third-order valence-electron chi connectivity index (χ3n) is 5.37. The number of carboxylic acid groups (broad SMARTS) is 1. The number of aliphatic carboxylic acids is 1. The van der Waals surface area contributed by atoms with Crippen molar-refractivity contribution in [3.05, 3.63) is 12.2 Å². The molecule has 0 saturated carbocycles. The molecule has 0 amide bonds. The summed E-state index contributed by atoms with van der Waals surface area (Å²) in [7, 11) is 0. The number of rotatable bonds is 19. The van der Waals surface area contributed by atoms with Gasteiger partial charge in [0.25, 0.3) is 0 Å². The van der Waals surface area contributed by atoms with Gasteiger partial charge in [-0.1, -0.05) is 52.2 Å². The molecule has 0 spiro atoms. The Morgan fingerprint density at radius 1 is 0.852 bits per heavy atom. The Bertz CT molecular complexity index is 372. The molecule has 0 aliphatic heterocycles. The number of hydrogen-bond acceptors (Lipinski definition) is 2. The maximum absolute atomic E-state index is 10.8. The number of carbonyl (C=O) groups is 1. The first-order valence-electron chi connectivity index (χ1n) is 11.4. The number of nitrogens with zero attached hydrogens (tertiary/aromatic N) is 1. The zero-order valence-electron chi connectivity index (χ0n) is 18.3. The van der Waals surface area contributed by atoms with Gasteiger partial charge in [-0.2, -0.15) is 0 Å². The molecule has 0 aromatic carbocycles. The SMILES string of the molecule is CCC/C=C/CC(O)C[N+](CCCCC)(CCCCC)CCCCC(=O)O. The molecule has 2 N–H and O–H groups in total. The molecule has 1 unspecified atom stereocenters. The topological polar surface area (TPSA) is 57.5 Å². The smallest absolute Gasteiger partial charge is 0.303 e. The number of aliphatic hydroxyl groups is 1. The van der Waals surface area contributed by atoms with E-state index >= 15 is 0 Å². The first kappa shape index (κ1) is 26.1. The molecule has 27 heavy (non-hydrogen) atoms. The van der Waals surface area contributed by atoms with E-state index in [9.17, 15) is 9.90 Å². The second-order valence-electron chi connectivity index (χ2n) is 8.11. The van der Waals surface area contributed by atoms with Crippen molar-refractivity contribution in [3.63, 3.8) is 0 Å². The molecular formula is C23H46NO3+. The van der Waals surface area contributed by atoms with Crippen molar-refractivity contribution in [1.82, 2.24) is 0 Å². The molecular weight excluding hydrogens is 338 g/mol. The molecule has 0 aromatic heterocycles. The zero-order chi connectivity index (χ0) is 20.4. The lowest BCUT2D eigenvalue weighted by atomic mass is 10.1. The summed E-state index contributed by atoms with van der Waals surface area (Å²) in [5.74, 6) is -0.703. The average molecular weight is 385 g/mol. The third-order valence-corrected chi connectivity index (χ3v) is 5.37. The molecule has 0 aliphatic carbocycles. The van der Waals surface area contributed by atoms with E-state index in [1.165, 1.54) is 38.5 Å². The second kappa shape index (κ2) is 17.2. The van der Waals surface area contributed by atoms with Gasteiger partial charge in [0.1, 0.15) is 12.6 Å². The van der Waals surface area contributed by atoms with Crippen molar-refractivity contribution < 1.29 is 19.5 Å². The monoisotopic (exact) mass is 384 g/mol. The van der Waals surface area contributed by atoms with E-state index < -0.39 is 5.97 Å². The third kappa shape index (κ3) is 14.8. The summed E-state index contributed by atoms with van der Waals surface area (Å²) in [5, 5.41) is 19.6. The van der Waals surface area contributed by atoms with Crippen LogP contribution in [0.4, 0.5) is 0 Å². The van der Waals surface area contributed by atoms with Gasteiger partial charge in [0.05, 0.1) is 19.6 Å². The molecule has 0 saturated heterocycles. The largest absolute Gasteiger partial charge is 0.481 e. The fourth-order valence-corrected chi connectivity index (χ4v) is 3.79. The summed E-state index contributed by atoms with van der Waals surface area (Å²) in [6.45, 7) is 10.6. The van der Waals surface area contributed by atoms with E-state index in [0.717, 1.165) is 62.8 Å². The van der Waals surface area contributed by atoms with Crippen LogP contribution in [-0.4, -0.2) is 52.9 Å². The molecule has 0 aromatic rings. The Morgan fingerprint density at radius 2 is 1.41 bits per heavy atom. The molecule has 0 rings (SSSR count). The highest BCUT2D eigenvalue weighted by molar-refractivity contribution is 5.66. The predicted octanol–water partition coefficient (Wildman–Crippen LogP) is 5.55. The Balaban J connectivity index is 4.93. The molecule has 0 bridgehead atoms. The minimum absolute atomic E-state index is 0.256. The molecule has 0 aliphatic rings. The van der Waals surface area contributed by atoms with Gasteiger partial charge < -0.3 is 14.7 Å². The van der Waals surface area contributed by atoms with Crippen molar-refractivity contribution >= 4 is 5.97 Å². The van der Waals surface area contributed by atoms with Gasteiger partial charge in [0, 0.05) is 6.42 Å². The molecule has 0 radical (unpaired) electrons. The molecule has 160 valence electrons. The normalized spacial score (nSPS) is 13.3. The van der Waals surface area contributed by atoms with Crippen molar-refractivity contribution in [2.24, 2.45) is 0 Å².